The molecule has 0 bridgehead atoms. The minimum absolute atomic E-state index is 0.0470. The van der Waals surface area contributed by atoms with Gasteiger partial charge in [-0.25, -0.2) is 0 Å². The van der Waals surface area contributed by atoms with Crippen LogP contribution in [0.4, 0.5) is 0 Å². The van der Waals surface area contributed by atoms with Gasteiger partial charge in [0.05, 0.1) is 17.8 Å². The van der Waals surface area contributed by atoms with E-state index in [2.05, 4.69) is 17.2 Å². The van der Waals surface area contributed by atoms with Crippen LogP contribution in [0.1, 0.15) is 99.7 Å². The third-order valence-corrected chi connectivity index (χ3v) is 8.83. The number of para-hydroxylation sites is 1. The maximum Gasteiger partial charge on any atom is 0.306 e. The van der Waals surface area contributed by atoms with Gasteiger partial charge in [0.1, 0.15) is 12.6 Å². The average Bonchev–Trinajstić information content (AvgIpc) is 3.49. The van der Waals surface area contributed by atoms with Crippen molar-refractivity contribution in [2.24, 2.45) is 5.73 Å². The van der Waals surface area contributed by atoms with E-state index in [9.17, 15) is 19.2 Å². The fourth-order valence-electron chi connectivity index (χ4n) is 6.30. The molecule has 3 N–H and O–H groups in total. The number of carbonyl (C=O) groups is 4. The number of fused-ring (bicyclic) bond motifs is 1. The van der Waals surface area contributed by atoms with Gasteiger partial charge in [-0.15, -0.1) is 0 Å². The molecular formula is C40H51N5O5. The van der Waals surface area contributed by atoms with E-state index >= 15 is 0 Å². The Hall–Kier alpha value is -4.99. The van der Waals surface area contributed by atoms with Crippen LogP contribution in [0.15, 0.2) is 85.2 Å². The largest absolute Gasteiger partial charge is 0.461 e. The molecule has 3 amide bonds. The molecule has 0 spiro atoms. The first kappa shape index (κ1) is 37.8. The summed E-state index contributed by atoms with van der Waals surface area (Å²) in [5.74, 6) is -1.52. The summed E-state index contributed by atoms with van der Waals surface area (Å²) in [7, 11) is 0. The van der Waals surface area contributed by atoms with E-state index in [0.29, 0.717) is 37.9 Å². The van der Waals surface area contributed by atoms with Crippen molar-refractivity contribution >= 4 is 34.6 Å². The molecule has 0 aliphatic rings. The van der Waals surface area contributed by atoms with Crippen LogP contribution < -0.4 is 11.1 Å². The van der Waals surface area contributed by atoms with Gasteiger partial charge in [0.2, 0.25) is 11.8 Å². The number of carbonyl (C=O) groups excluding carboxylic acids is 4. The van der Waals surface area contributed by atoms with E-state index < -0.39 is 17.9 Å². The number of hydrogen-bond donors (Lipinski definition) is 2. The Labute approximate surface area is 295 Å². The number of ether oxygens (including phenoxy) is 1. The zero-order valence-electron chi connectivity index (χ0n) is 29.4. The van der Waals surface area contributed by atoms with Gasteiger partial charge in [-0.05, 0) is 49.4 Å². The molecular weight excluding hydrogens is 630 g/mol. The van der Waals surface area contributed by atoms with Crippen molar-refractivity contribution in [3.63, 3.8) is 0 Å². The lowest BCUT2D eigenvalue weighted by Gasteiger charge is -2.34. The zero-order valence-corrected chi connectivity index (χ0v) is 29.4. The van der Waals surface area contributed by atoms with Gasteiger partial charge in [-0.2, -0.15) is 0 Å². The second kappa shape index (κ2) is 19.9. The van der Waals surface area contributed by atoms with Crippen LogP contribution in [-0.4, -0.2) is 56.8 Å². The van der Waals surface area contributed by atoms with E-state index in [1.165, 1.54) is 0 Å². The van der Waals surface area contributed by atoms with Crippen molar-refractivity contribution in [1.29, 1.82) is 0 Å². The van der Waals surface area contributed by atoms with Crippen molar-refractivity contribution in [1.82, 2.24) is 19.8 Å². The Morgan fingerprint density at radius 1 is 0.880 bits per heavy atom. The Kier molecular flexibility index (Phi) is 15.0. The first-order valence-electron chi connectivity index (χ1n) is 17.9. The first-order valence-corrected chi connectivity index (χ1v) is 17.9. The summed E-state index contributed by atoms with van der Waals surface area (Å²) >= 11 is 0. The molecule has 2 heterocycles. The number of aromatic nitrogens is 2. The summed E-state index contributed by atoms with van der Waals surface area (Å²) in [6, 6.07) is 21.5. The normalized spacial score (nSPS) is 12.3. The average molecular weight is 682 g/mol. The Balaban J connectivity index is 1.57. The molecule has 0 saturated heterocycles. The SMILES string of the molecule is CCCCCC[C@@H](CC(N)=O)N(CCC)C(=O)[C@H](CCCC(=O)OCc1ccccc1)NC(=O)c1cn(Cc2ccccn2)c2ccccc12. The predicted octanol–water partition coefficient (Wildman–Crippen LogP) is 6.55. The highest BCUT2D eigenvalue weighted by atomic mass is 16.5. The van der Waals surface area contributed by atoms with E-state index in [0.717, 1.165) is 47.8 Å². The Morgan fingerprint density at radius 2 is 1.64 bits per heavy atom. The van der Waals surface area contributed by atoms with Crippen LogP contribution in [0.25, 0.3) is 10.9 Å². The minimum Gasteiger partial charge on any atom is -0.461 e. The number of hydrogen-bond acceptors (Lipinski definition) is 6. The third kappa shape index (κ3) is 11.3. The molecule has 10 nitrogen and oxygen atoms in total. The van der Waals surface area contributed by atoms with Crippen molar-refractivity contribution in [3.05, 3.63) is 102 Å². The summed E-state index contributed by atoms with van der Waals surface area (Å²) in [6.45, 7) is 5.16. The molecule has 50 heavy (non-hydrogen) atoms. The number of nitrogens with two attached hydrogens (primary N) is 1. The van der Waals surface area contributed by atoms with E-state index in [1.807, 2.05) is 84.3 Å². The number of amides is 3. The highest BCUT2D eigenvalue weighted by molar-refractivity contribution is 6.08. The Bertz CT molecular complexity index is 1670. The molecule has 4 rings (SSSR count). The number of primary amides is 1. The summed E-state index contributed by atoms with van der Waals surface area (Å²) in [5.41, 5.74) is 8.72. The molecule has 0 unspecified atom stereocenters. The maximum atomic E-state index is 14.4. The number of benzene rings is 2. The summed E-state index contributed by atoms with van der Waals surface area (Å²) < 4.78 is 7.45. The van der Waals surface area contributed by atoms with Gasteiger partial charge in [0, 0.05) is 48.7 Å². The van der Waals surface area contributed by atoms with E-state index in [1.54, 1.807) is 17.3 Å². The zero-order chi connectivity index (χ0) is 35.7. The molecule has 4 aromatic rings. The number of pyridine rings is 1. The third-order valence-electron chi connectivity index (χ3n) is 8.83. The smallest absolute Gasteiger partial charge is 0.306 e. The second-order valence-electron chi connectivity index (χ2n) is 12.8. The molecule has 0 radical (unpaired) electrons. The number of unbranched alkanes of at least 4 members (excludes halogenated alkanes) is 3. The Morgan fingerprint density at radius 3 is 2.36 bits per heavy atom. The van der Waals surface area contributed by atoms with Crippen LogP contribution in [0.3, 0.4) is 0 Å². The minimum atomic E-state index is -0.931. The van der Waals surface area contributed by atoms with Crippen molar-refractivity contribution < 1.29 is 23.9 Å². The van der Waals surface area contributed by atoms with Crippen LogP contribution in [0.5, 0.6) is 0 Å². The molecule has 2 aromatic heterocycles. The first-order chi connectivity index (χ1) is 24.3. The molecule has 2 atom stereocenters. The van der Waals surface area contributed by atoms with Gasteiger partial charge in [0.15, 0.2) is 0 Å². The molecule has 0 fully saturated rings. The van der Waals surface area contributed by atoms with E-state index in [4.69, 9.17) is 10.5 Å². The van der Waals surface area contributed by atoms with Crippen LogP contribution in [-0.2, 0) is 32.3 Å². The number of nitrogens with one attached hydrogen (secondary N) is 1. The topological polar surface area (TPSA) is 137 Å². The highest BCUT2D eigenvalue weighted by Gasteiger charge is 2.32. The maximum absolute atomic E-state index is 14.4. The molecule has 0 saturated carbocycles. The standard InChI is InChI=1S/C40H51N5O5/c1-3-5-6-10-19-32(26-37(41)46)45(25-4-2)40(49)35(21-15-23-38(47)50-29-30-16-8-7-9-17-30)43-39(48)34-28-44(27-31-18-13-14-24-42-31)36-22-12-11-20-33(34)36/h7-9,11-14,16-18,20,22,24,28,32,35H,3-6,10,15,19,21,23,25-27,29H2,1-2H3,(H2,41,46)(H,43,48)/t32-,35-/m0/s1. The van der Waals surface area contributed by atoms with Crippen LogP contribution in [0, 0.1) is 0 Å². The molecule has 0 aliphatic heterocycles. The predicted molar refractivity (Wildman–Crippen MR) is 195 cm³/mol. The van der Waals surface area contributed by atoms with Gasteiger partial charge < -0.3 is 25.3 Å². The fraction of sp³-hybridized carbons (Fsp3) is 0.425. The molecule has 0 aliphatic carbocycles. The summed E-state index contributed by atoms with van der Waals surface area (Å²) in [4.78, 5) is 59.6. The van der Waals surface area contributed by atoms with Crippen molar-refractivity contribution in [2.45, 2.75) is 103 Å². The lowest BCUT2D eigenvalue weighted by atomic mass is 10.00. The van der Waals surface area contributed by atoms with Crippen LogP contribution in [0.2, 0.25) is 0 Å². The summed E-state index contributed by atoms with van der Waals surface area (Å²) in [6.07, 6.45) is 9.51. The molecule has 2 aromatic carbocycles. The fourth-order valence-corrected chi connectivity index (χ4v) is 6.30. The van der Waals surface area contributed by atoms with Gasteiger partial charge in [-0.1, -0.05) is 94.1 Å². The van der Waals surface area contributed by atoms with Crippen molar-refractivity contribution in [3.8, 4) is 0 Å². The highest BCUT2D eigenvalue weighted by Crippen LogP contribution is 2.24. The number of rotatable bonds is 21. The monoisotopic (exact) mass is 681 g/mol. The van der Waals surface area contributed by atoms with Crippen molar-refractivity contribution in [2.75, 3.05) is 6.54 Å². The summed E-state index contributed by atoms with van der Waals surface area (Å²) in [5, 5.41) is 3.78. The van der Waals surface area contributed by atoms with Gasteiger partial charge in [0.25, 0.3) is 5.91 Å². The van der Waals surface area contributed by atoms with Crippen LogP contribution >= 0.6 is 0 Å². The van der Waals surface area contributed by atoms with Gasteiger partial charge >= 0.3 is 5.97 Å². The van der Waals surface area contributed by atoms with E-state index in [-0.39, 0.29) is 43.8 Å². The lowest BCUT2D eigenvalue weighted by molar-refractivity contribution is -0.145. The molecule has 266 valence electrons. The number of esters is 1. The molecule has 10 heteroatoms. The van der Waals surface area contributed by atoms with Gasteiger partial charge in [-0.3, -0.25) is 24.2 Å². The number of nitrogens with zero attached hydrogens (tertiary/aromatic N) is 3. The second-order valence-corrected chi connectivity index (χ2v) is 12.8. The quantitative estimate of drug-likeness (QED) is 0.0756. The lowest BCUT2D eigenvalue weighted by Crippen LogP contribution is -2.53.